The summed E-state index contributed by atoms with van der Waals surface area (Å²) in [6, 6.07) is 0.767. The second-order valence-corrected chi connectivity index (χ2v) is 5.83. The first kappa shape index (κ1) is 13.3. The first-order chi connectivity index (χ1) is 8.25. The summed E-state index contributed by atoms with van der Waals surface area (Å²) in [5.74, 6) is 0.951. The Hall–Kier alpha value is -0.120. The summed E-state index contributed by atoms with van der Waals surface area (Å²) in [4.78, 5) is 2.61. The van der Waals surface area contributed by atoms with E-state index in [1.807, 2.05) is 0 Å². The van der Waals surface area contributed by atoms with E-state index in [1.165, 1.54) is 45.3 Å². The zero-order chi connectivity index (χ0) is 12.1. The zero-order valence-electron chi connectivity index (χ0n) is 11.5. The van der Waals surface area contributed by atoms with Gasteiger partial charge >= 0.3 is 0 Å². The molecule has 0 aliphatic carbocycles. The number of nitrogens with zero attached hydrogens (tertiary/aromatic N) is 1. The molecule has 1 N–H and O–H groups in total. The predicted octanol–water partition coefficient (Wildman–Crippen LogP) is 1.88. The lowest BCUT2D eigenvalue weighted by Crippen LogP contribution is -2.56. The van der Waals surface area contributed by atoms with Crippen LogP contribution in [-0.4, -0.2) is 49.8 Å². The van der Waals surface area contributed by atoms with Crippen molar-refractivity contribution in [1.82, 2.24) is 10.2 Å². The molecule has 17 heavy (non-hydrogen) atoms. The highest BCUT2D eigenvalue weighted by Crippen LogP contribution is 2.27. The van der Waals surface area contributed by atoms with Gasteiger partial charge in [0.05, 0.1) is 6.10 Å². The largest absolute Gasteiger partial charge is 0.379 e. The summed E-state index contributed by atoms with van der Waals surface area (Å²) in [6.07, 6.45) is 5.63. The maximum atomic E-state index is 5.55. The molecule has 0 saturated carbocycles. The first-order valence-corrected chi connectivity index (χ1v) is 7.33. The molecule has 0 radical (unpaired) electrons. The maximum Gasteiger partial charge on any atom is 0.0518 e. The minimum absolute atomic E-state index is 0.379. The Labute approximate surface area is 106 Å². The molecule has 1 unspecified atom stereocenters. The first-order valence-electron chi connectivity index (χ1n) is 7.33. The molecule has 2 bridgehead atoms. The molecule has 3 aliphatic rings. The Morgan fingerprint density at radius 1 is 1.24 bits per heavy atom. The molecule has 3 heterocycles. The van der Waals surface area contributed by atoms with Crippen LogP contribution in [0.15, 0.2) is 0 Å². The van der Waals surface area contributed by atoms with Gasteiger partial charge in [0.1, 0.15) is 0 Å². The molecule has 1 atom stereocenters. The normalized spacial score (nSPS) is 32.3. The molecule has 0 aromatic rings. The number of hydrogen-bond donors (Lipinski definition) is 1. The Balaban J connectivity index is 1.51. The van der Waals surface area contributed by atoms with Crippen molar-refractivity contribution in [3.05, 3.63) is 0 Å². The molecule has 3 fully saturated rings. The standard InChI is InChI=1S/C14H28N2O/c1-12(2)17-10-4-3-7-15-14-11-16-8-5-13(14)6-9-16/h12-15H,3-11H2,1-2H3. The molecule has 3 aliphatic heterocycles. The number of ether oxygens (including phenoxy) is 1. The smallest absolute Gasteiger partial charge is 0.0518 e. The third-order valence-electron chi connectivity index (χ3n) is 4.08. The molecule has 100 valence electrons. The van der Waals surface area contributed by atoms with Gasteiger partial charge in [0.25, 0.3) is 0 Å². The van der Waals surface area contributed by atoms with Crippen LogP contribution in [0.2, 0.25) is 0 Å². The van der Waals surface area contributed by atoms with Gasteiger partial charge < -0.3 is 15.0 Å². The van der Waals surface area contributed by atoms with Gasteiger partial charge in [-0.2, -0.15) is 0 Å². The number of piperidine rings is 3. The zero-order valence-corrected chi connectivity index (χ0v) is 11.5. The van der Waals surface area contributed by atoms with E-state index >= 15 is 0 Å². The van der Waals surface area contributed by atoms with Gasteiger partial charge in [0, 0.05) is 19.2 Å². The van der Waals surface area contributed by atoms with Gasteiger partial charge in [-0.25, -0.2) is 0 Å². The van der Waals surface area contributed by atoms with Crippen molar-refractivity contribution in [3.63, 3.8) is 0 Å². The minimum Gasteiger partial charge on any atom is -0.379 e. The van der Waals surface area contributed by atoms with E-state index in [0.717, 1.165) is 25.1 Å². The van der Waals surface area contributed by atoms with Crippen LogP contribution in [0, 0.1) is 5.92 Å². The molecule has 0 aromatic carbocycles. The summed E-state index contributed by atoms with van der Waals surface area (Å²) < 4.78 is 5.55. The number of unbranched alkanes of at least 4 members (excludes halogenated alkanes) is 1. The van der Waals surface area contributed by atoms with E-state index in [-0.39, 0.29) is 0 Å². The highest BCUT2D eigenvalue weighted by atomic mass is 16.5. The summed E-state index contributed by atoms with van der Waals surface area (Å²) in [5, 5.41) is 3.74. The van der Waals surface area contributed by atoms with Gasteiger partial charge in [-0.15, -0.1) is 0 Å². The lowest BCUT2D eigenvalue weighted by molar-refractivity contribution is 0.0675. The SMILES string of the molecule is CC(C)OCCCCNC1CN2CCC1CC2. The molecule has 3 heteroatoms. The third kappa shape index (κ3) is 4.23. The maximum absolute atomic E-state index is 5.55. The number of hydrogen-bond acceptors (Lipinski definition) is 3. The fourth-order valence-corrected chi connectivity index (χ4v) is 3.03. The van der Waals surface area contributed by atoms with Crippen LogP contribution < -0.4 is 5.32 Å². The van der Waals surface area contributed by atoms with Gasteiger partial charge in [-0.3, -0.25) is 0 Å². The molecular formula is C14H28N2O. The van der Waals surface area contributed by atoms with Crippen LogP contribution in [0.25, 0.3) is 0 Å². The molecule has 3 rings (SSSR count). The molecule has 0 spiro atoms. The molecule has 0 amide bonds. The van der Waals surface area contributed by atoms with Crippen LogP contribution >= 0.6 is 0 Å². The highest BCUT2D eigenvalue weighted by molar-refractivity contribution is 4.90. The van der Waals surface area contributed by atoms with Crippen molar-refractivity contribution in [2.75, 3.05) is 32.8 Å². The summed E-state index contributed by atoms with van der Waals surface area (Å²) in [7, 11) is 0. The van der Waals surface area contributed by atoms with Crippen molar-refractivity contribution >= 4 is 0 Å². The molecule has 3 saturated heterocycles. The van der Waals surface area contributed by atoms with Crippen molar-refractivity contribution in [2.24, 2.45) is 5.92 Å². The second kappa shape index (κ2) is 6.72. The summed E-state index contributed by atoms with van der Waals surface area (Å²) in [5.41, 5.74) is 0. The van der Waals surface area contributed by atoms with E-state index in [4.69, 9.17) is 4.74 Å². The van der Waals surface area contributed by atoms with Crippen molar-refractivity contribution in [1.29, 1.82) is 0 Å². The Bertz CT molecular complexity index is 212. The average Bonchev–Trinajstić information content (AvgIpc) is 2.35. The minimum atomic E-state index is 0.379. The van der Waals surface area contributed by atoms with E-state index < -0.39 is 0 Å². The fraction of sp³-hybridized carbons (Fsp3) is 1.00. The average molecular weight is 240 g/mol. The fourth-order valence-electron chi connectivity index (χ4n) is 3.03. The quantitative estimate of drug-likeness (QED) is 0.688. The Morgan fingerprint density at radius 3 is 2.59 bits per heavy atom. The van der Waals surface area contributed by atoms with Crippen LogP contribution in [0.3, 0.4) is 0 Å². The van der Waals surface area contributed by atoms with Gasteiger partial charge in [-0.1, -0.05) is 0 Å². The van der Waals surface area contributed by atoms with Crippen molar-refractivity contribution in [3.8, 4) is 0 Å². The molecule has 3 nitrogen and oxygen atoms in total. The summed E-state index contributed by atoms with van der Waals surface area (Å²) >= 11 is 0. The second-order valence-electron chi connectivity index (χ2n) is 5.83. The number of rotatable bonds is 7. The van der Waals surface area contributed by atoms with E-state index in [9.17, 15) is 0 Å². The van der Waals surface area contributed by atoms with Crippen LogP contribution in [0.5, 0.6) is 0 Å². The molecular weight excluding hydrogens is 212 g/mol. The van der Waals surface area contributed by atoms with E-state index in [0.29, 0.717) is 6.10 Å². The lowest BCUT2D eigenvalue weighted by atomic mass is 9.84. The Kier molecular flexibility index (Phi) is 5.26. The van der Waals surface area contributed by atoms with Gasteiger partial charge in [0.2, 0.25) is 0 Å². The van der Waals surface area contributed by atoms with Gasteiger partial charge in [0.15, 0.2) is 0 Å². The predicted molar refractivity (Wildman–Crippen MR) is 71.3 cm³/mol. The Morgan fingerprint density at radius 2 is 2.00 bits per heavy atom. The monoisotopic (exact) mass is 240 g/mol. The van der Waals surface area contributed by atoms with E-state index in [1.54, 1.807) is 0 Å². The highest BCUT2D eigenvalue weighted by Gasteiger charge is 2.33. The summed E-state index contributed by atoms with van der Waals surface area (Å²) in [6.45, 7) is 10.2. The lowest BCUT2D eigenvalue weighted by Gasteiger charge is -2.45. The van der Waals surface area contributed by atoms with Crippen molar-refractivity contribution < 1.29 is 4.74 Å². The van der Waals surface area contributed by atoms with Crippen LogP contribution in [0.1, 0.15) is 39.5 Å². The van der Waals surface area contributed by atoms with Crippen LogP contribution in [0.4, 0.5) is 0 Å². The number of nitrogens with one attached hydrogen (secondary N) is 1. The topological polar surface area (TPSA) is 24.5 Å². The van der Waals surface area contributed by atoms with E-state index in [2.05, 4.69) is 24.1 Å². The number of fused-ring (bicyclic) bond motifs is 3. The van der Waals surface area contributed by atoms with Crippen molar-refractivity contribution in [2.45, 2.75) is 51.7 Å². The third-order valence-corrected chi connectivity index (χ3v) is 4.08. The van der Waals surface area contributed by atoms with Crippen LogP contribution in [-0.2, 0) is 4.74 Å². The van der Waals surface area contributed by atoms with Gasteiger partial charge in [-0.05, 0) is 65.1 Å². The molecule has 0 aromatic heterocycles.